The van der Waals surface area contributed by atoms with Crippen LogP contribution in [0.2, 0.25) is 0 Å². The van der Waals surface area contributed by atoms with Crippen LogP contribution < -0.4 is 4.74 Å². The van der Waals surface area contributed by atoms with Crippen LogP contribution in [-0.2, 0) is 11.3 Å². The molecule has 1 aromatic heterocycles. The van der Waals surface area contributed by atoms with Gasteiger partial charge in [-0.1, -0.05) is 5.21 Å². The summed E-state index contributed by atoms with van der Waals surface area (Å²) in [7, 11) is 1.61. The largest absolute Gasteiger partial charge is 0.468 e. The molecule has 19 heavy (non-hydrogen) atoms. The van der Waals surface area contributed by atoms with E-state index in [0.717, 1.165) is 24.5 Å². The molecule has 0 amide bonds. The van der Waals surface area contributed by atoms with Gasteiger partial charge in [0.05, 0.1) is 6.20 Å². The van der Waals surface area contributed by atoms with Crippen LogP contribution >= 0.6 is 11.8 Å². The highest BCUT2D eigenvalue weighted by Crippen LogP contribution is 2.22. The van der Waals surface area contributed by atoms with Crippen molar-refractivity contribution in [2.24, 2.45) is 0 Å². The van der Waals surface area contributed by atoms with Crippen LogP contribution in [0.4, 0.5) is 0 Å². The van der Waals surface area contributed by atoms with Crippen molar-refractivity contribution in [2.45, 2.75) is 17.9 Å². The highest BCUT2D eigenvalue weighted by molar-refractivity contribution is 7.99. The van der Waals surface area contributed by atoms with Gasteiger partial charge in [-0.25, -0.2) is 0 Å². The summed E-state index contributed by atoms with van der Waals surface area (Å²) in [6, 6.07) is 8.04. The first-order valence-corrected chi connectivity index (χ1v) is 7.06. The maximum Gasteiger partial charge on any atom is 0.188 e. The van der Waals surface area contributed by atoms with E-state index in [4.69, 9.17) is 9.47 Å². The molecule has 0 radical (unpaired) electrons. The summed E-state index contributed by atoms with van der Waals surface area (Å²) in [5.74, 6) is 1.88. The molecule has 0 fully saturated rings. The third-order valence-corrected chi connectivity index (χ3v) is 3.54. The Balaban J connectivity index is 1.68. The molecule has 0 unspecified atom stereocenters. The summed E-state index contributed by atoms with van der Waals surface area (Å²) in [5, 5.41) is 7.71. The maximum atomic E-state index is 5.33. The predicted octanol–water partition coefficient (Wildman–Crippen LogP) is 2.44. The average molecular weight is 279 g/mol. The molecule has 6 heteroatoms. The summed E-state index contributed by atoms with van der Waals surface area (Å²) >= 11 is 1.83. The molecule has 5 nitrogen and oxygen atoms in total. The topological polar surface area (TPSA) is 49.2 Å². The highest BCUT2D eigenvalue weighted by Gasteiger charge is 1.97. The van der Waals surface area contributed by atoms with Crippen LogP contribution in [-0.4, -0.2) is 34.6 Å². The molecule has 0 atom stereocenters. The second-order valence-electron chi connectivity index (χ2n) is 3.89. The smallest absolute Gasteiger partial charge is 0.188 e. The molecule has 0 saturated carbocycles. The van der Waals surface area contributed by atoms with E-state index in [0.29, 0.717) is 0 Å². The molecule has 2 rings (SSSR count). The minimum atomic E-state index is 0.282. The molecule has 102 valence electrons. The van der Waals surface area contributed by atoms with Crippen LogP contribution in [0.15, 0.2) is 41.6 Å². The van der Waals surface area contributed by atoms with E-state index >= 15 is 0 Å². The van der Waals surface area contributed by atoms with Crippen molar-refractivity contribution in [3.05, 3.63) is 36.7 Å². The van der Waals surface area contributed by atoms with E-state index in [9.17, 15) is 0 Å². The van der Waals surface area contributed by atoms with Crippen molar-refractivity contribution in [3.8, 4) is 5.75 Å². The number of benzene rings is 1. The normalized spacial score (nSPS) is 10.6. The summed E-state index contributed by atoms with van der Waals surface area (Å²) in [6.45, 7) is 1.19. The molecule has 1 aromatic carbocycles. The van der Waals surface area contributed by atoms with E-state index in [-0.39, 0.29) is 6.79 Å². The summed E-state index contributed by atoms with van der Waals surface area (Å²) < 4.78 is 12.0. The molecular weight excluding hydrogens is 262 g/mol. The van der Waals surface area contributed by atoms with Gasteiger partial charge in [-0.2, -0.15) is 0 Å². The van der Waals surface area contributed by atoms with Crippen LogP contribution in [0.3, 0.4) is 0 Å². The van der Waals surface area contributed by atoms with Crippen molar-refractivity contribution in [1.82, 2.24) is 15.0 Å². The van der Waals surface area contributed by atoms with Crippen LogP contribution in [0.5, 0.6) is 5.75 Å². The minimum absolute atomic E-state index is 0.282. The van der Waals surface area contributed by atoms with Crippen molar-refractivity contribution >= 4 is 11.8 Å². The number of hydrogen-bond donors (Lipinski definition) is 0. The van der Waals surface area contributed by atoms with Crippen molar-refractivity contribution in [1.29, 1.82) is 0 Å². The van der Waals surface area contributed by atoms with Crippen molar-refractivity contribution in [2.75, 3.05) is 19.7 Å². The number of hydrogen-bond acceptors (Lipinski definition) is 5. The van der Waals surface area contributed by atoms with Crippen LogP contribution in [0.1, 0.15) is 6.42 Å². The third kappa shape index (κ3) is 4.92. The number of aryl methyl sites for hydroxylation is 1. The fourth-order valence-electron chi connectivity index (χ4n) is 1.53. The first kappa shape index (κ1) is 13.9. The SMILES string of the molecule is COCOc1ccc(SCCCn2ccnn2)cc1. The van der Waals surface area contributed by atoms with E-state index in [1.807, 2.05) is 34.8 Å². The lowest BCUT2D eigenvalue weighted by atomic mass is 10.3. The summed E-state index contributed by atoms with van der Waals surface area (Å²) in [4.78, 5) is 1.24. The Bertz CT molecular complexity index is 459. The fourth-order valence-corrected chi connectivity index (χ4v) is 2.37. The maximum absolute atomic E-state index is 5.33. The molecular formula is C13H17N3O2S. The van der Waals surface area contributed by atoms with Gasteiger partial charge in [0.2, 0.25) is 0 Å². The number of thioether (sulfide) groups is 1. The van der Waals surface area contributed by atoms with E-state index in [1.165, 1.54) is 4.90 Å². The first-order chi connectivity index (χ1) is 9.38. The van der Waals surface area contributed by atoms with Gasteiger partial charge in [-0.05, 0) is 36.4 Å². The zero-order valence-corrected chi connectivity index (χ0v) is 11.7. The van der Waals surface area contributed by atoms with Gasteiger partial charge in [0.25, 0.3) is 0 Å². The molecule has 0 aliphatic heterocycles. The van der Waals surface area contributed by atoms with Crippen molar-refractivity contribution in [3.63, 3.8) is 0 Å². The third-order valence-electron chi connectivity index (χ3n) is 2.44. The number of methoxy groups -OCH3 is 1. The number of aromatic nitrogens is 3. The lowest BCUT2D eigenvalue weighted by Crippen LogP contribution is -2.00. The van der Waals surface area contributed by atoms with Gasteiger partial charge in [0.15, 0.2) is 6.79 Å². The second kappa shape index (κ2) is 7.81. The van der Waals surface area contributed by atoms with E-state index in [1.54, 1.807) is 13.3 Å². The molecule has 0 bridgehead atoms. The first-order valence-electron chi connectivity index (χ1n) is 6.07. The number of rotatable bonds is 8. The average Bonchev–Trinajstić information content (AvgIpc) is 2.96. The zero-order chi connectivity index (χ0) is 13.3. The molecule has 1 heterocycles. The second-order valence-corrected chi connectivity index (χ2v) is 5.06. The lowest BCUT2D eigenvalue weighted by Gasteiger charge is -2.06. The van der Waals surface area contributed by atoms with Gasteiger partial charge in [0.1, 0.15) is 5.75 Å². The van der Waals surface area contributed by atoms with Gasteiger partial charge in [-0.15, -0.1) is 16.9 Å². The number of nitrogens with zero attached hydrogens (tertiary/aromatic N) is 3. The standard InChI is InChI=1S/C13H17N3O2S/c1-17-11-18-12-3-5-13(6-4-12)19-10-2-8-16-9-7-14-15-16/h3-7,9H,2,8,10-11H2,1H3. The Kier molecular flexibility index (Phi) is 5.71. The van der Waals surface area contributed by atoms with Crippen LogP contribution in [0.25, 0.3) is 0 Å². The minimum Gasteiger partial charge on any atom is -0.468 e. The quantitative estimate of drug-likeness (QED) is 0.422. The fraction of sp³-hybridized carbons (Fsp3) is 0.385. The molecule has 0 aliphatic carbocycles. The zero-order valence-electron chi connectivity index (χ0n) is 10.9. The Morgan fingerprint density at radius 1 is 1.26 bits per heavy atom. The Hall–Kier alpha value is -1.53. The van der Waals surface area contributed by atoms with Gasteiger partial charge < -0.3 is 9.47 Å². The van der Waals surface area contributed by atoms with Crippen LogP contribution in [0, 0.1) is 0 Å². The predicted molar refractivity (Wildman–Crippen MR) is 74.3 cm³/mol. The number of ether oxygens (including phenoxy) is 2. The molecule has 0 N–H and O–H groups in total. The molecule has 0 saturated heterocycles. The monoisotopic (exact) mass is 279 g/mol. The highest BCUT2D eigenvalue weighted by atomic mass is 32.2. The Morgan fingerprint density at radius 3 is 2.79 bits per heavy atom. The Labute approximate surface area is 116 Å². The molecule has 0 spiro atoms. The van der Waals surface area contributed by atoms with E-state index in [2.05, 4.69) is 22.4 Å². The van der Waals surface area contributed by atoms with Gasteiger partial charge in [0, 0.05) is 24.7 Å². The van der Waals surface area contributed by atoms with Gasteiger partial charge in [-0.3, -0.25) is 4.68 Å². The lowest BCUT2D eigenvalue weighted by molar-refractivity contribution is 0.0511. The van der Waals surface area contributed by atoms with Gasteiger partial charge >= 0.3 is 0 Å². The summed E-state index contributed by atoms with van der Waals surface area (Å²) in [6.07, 6.45) is 4.65. The Morgan fingerprint density at radius 2 is 2.11 bits per heavy atom. The van der Waals surface area contributed by atoms with Crippen molar-refractivity contribution < 1.29 is 9.47 Å². The summed E-state index contributed by atoms with van der Waals surface area (Å²) in [5.41, 5.74) is 0. The van der Waals surface area contributed by atoms with E-state index < -0.39 is 0 Å². The molecule has 2 aromatic rings. The molecule has 0 aliphatic rings.